The summed E-state index contributed by atoms with van der Waals surface area (Å²) in [5.74, 6) is 0.985. The molecule has 3 heteroatoms. The summed E-state index contributed by atoms with van der Waals surface area (Å²) < 4.78 is 5.30. The Hall–Kier alpha value is -1.09. The predicted octanol–water partition coefficient (Wildman–Crippen LogP) is 2.64. The molecule has 0 amide bonds. The zero-order valence-corrected chi connectivity index (χ0v) is 7.60. The molecule has 0 N–H and O–H groups in total. The third kappa shape index (κ3) is 1.56. The molecule has 0 atom stereocenters. The van der Waals surface area contributed by atoms with Crippen LogP contribution in [0.25, 0.3) is 0 Å². The van der Waals surface area contributed by atoms with Crippen LogP contribution in [0.4, 0.5) is 0 Å². The molecular formula is C9H9NOS. The minimum Gasteiger partial charge on any atom is -0.469 e. The standard InChI is InChI=1S/C9H9NOS/c1-7-2-9(11-4-7)3-8-5-12-6-10-8/h2,4-6H,3H2,1H3. The fourth-order valence-corrected chi connectivity index (χ4v) is 1.65. The van der Waals surface area contributed by atoms with Gasteiger partial charge in [0.05, 0.1) is 17.5 Å². The molecule has 2 aromatic rings. The molecule has 12 heavy (non-hydrogen) atoms. The highest BCUT2D eigenvalue weighted by Crippen LogP contribution is 2.12. The first-order chi connectivity index (χ1) is 5.84. The maximum atomic E-state index is 5.30. The van der Waals surface area contributed by atoms with E-state index in [0.717, 1.165) is 17.9 Å². The van der Waals surface area contributed by atoms with Crippen LogP contribution < -0.4 is 0 Å². The van der Waals surface area contributed by atoms with Gasteiger partial charge in [0.1, 0.15) is 5.76 Å². The van der Waals surface area contributed by atoms with Gasteiger partial charge < -0.3 is 4.42 Å². The van der Waals surface area contributed by atoms with Crippen LogP contribution in [0, 0.1) is 6.92 Å². The van der Waals surface area contributed by atoms with Gasteiger partial charge in [-0.25, -0.2) is 4.98 Å². The fraction of sp³-hybridized carbons (Fsp3) is 0.222. The van der Waals surface area contributed by atoms with Crippen molar-refractivity contribution in [3.8, 4) is 0 Å². The van der Waals surface area contributed by atoms with Crippen LogP contribution in [0.5, 0.6) is 0 Å². The minimum atomic E-state index is 0.803. The lowest BCUT2D eigenvalue weighted by atomic mass is 10.2. The maximum absolute atomic E-state index is 5.30. The van der Waals surface area contributed by atoms with E-state index in [4.69, 9.17) is 4.42 Å². The first-order valence-electron chi connectivity index (χ1n) is 3.75. The van der Waals surface area contributed by atoms with Crippen LogP contribution in [0.15, 0.2) is 27.6 Å². The second-order valence-corrected chi connectivity index (χ2v) is 3.47. The number of hydrogen-bond acceptors (Lipinski definition) is 3. The summed E-state index contributed by atoms with van der Waals surface area (Å²) in [6.07, 6.45) is 2.57. The van der Waals surface area contributed by atoms with Gasteiger partial charge in [0.2, 0.25) is 0 Å². The summed E-state index contributed by atoms with van der Waals surface area (Å²) in [5.41, 5.74) is 4.08. The molecule has 0 aromatic carbocycles. The zero-order valence-electron chi connectivity index (χ0n) is 6.78. The number of aromatic nitrogens is 1. The van der Waals surface area contributed by atoms with Crippen molar-refractivity contribution in [2.75, 3.05) is 0 Å². The molecule has 2 rings (SSSR count). The quantitative estimate of drug-likeness (QED) is 0.708. The average Bonchev–Trinajstić information content (AvgIpc) is 2.63. The van der Waals surface area contributed by atoms with Crippen LogP contribution in [0.2, 0.25) is 0 Å². The summed E-state index contributed by atoms with van der Waals surface area (Å²) in [6.45, 7) is 2.02. The number of rotatable bonds is 2. The Morgan fingerprint density at radius 1 is 1.58 bits per heavy atom. The van der Waals surface area contributed by atoms with Crippen LogP contribution in [-0.2, 0) is 6.42 Å². The van der Waals surface area contributed by atoms with Crippen LogP contribution in [0.3, 0.4) is 0 Å². The van der Waals surface area contributed by atoms with E-state index in [9.17, 15) is 0 Å². The molecule has 2 aromatic heterocycles. The van der Waals surface area contributed by atoms with Crippen molar-refractivity contribution in [1.82, 2.24) is 4.98 Å². The molecule has 0 saturated carbocycles. The van der Waals surface area contributed by atoms with E-state index >= 15 is 0 Å². The van der Waals surface area contributed by atoms with Crippen molar-refractivity contribution in [3.05, 3.63) is 40.2 Å². The Bertz CT molecular complexity index is 350. The highest BCUT2D eigenvalue weighted by Gasteiger charge is 2.01. The highest BCUT2D eigenvalue weighted by molar-refractivity contribution is 7.07. The number of hydrogen-bond donors (Lipinski definition) is 0. The number of nitrogens with zero attached hydrogens (tertiary/aromatic N) is 1. The van der Waals surface area contributed by atoms with Crippen LogP contribution in [0.1, 0.15) is 17.0 Å². The Morgan fingerprint density at radius 2 is 2.50 bits per heavy atom. The van der Waals surface area contributed by atoms with Crippen molar-refractivity contribution in [3.63, 3.8) is 0 Å². The Morgan fingerprint density at radius 3 is 3.08 bits per heavy atom. The third-order valence-corrected chi connectivity index (χ3v) is 2.26. The molecule has 0 saturated heterocycles. The van der Waals surface area contributed by atoms with Gasteiger partial charge in [0.15, 0.2) is 0 Å². The zero-order chi connectivity index (χ0) is 8.39. The lowest BCUT2D eigenvalue weighted by Crippen LogP contribution is -1.83. The number of thiazole rings is 1. The first kappa shape index (κ1) is 7.55. The van der Waals surface area contributed by atoms with E-state index in [2.05, 4.69) is 4.98 Å². The largest absolute Gasteiger partial charge is 0.469 e. The monoisotopic (exact) mass is 179 g/mol. The molecule has 0 unspecified atom stereocenters. The van der Waals surface area contributed by atoms with Crippen LogP contribution in [-0.4, -0.2) is 4.98 Å². The third-order valence-electron chi connectivity index (χ3n) is 1.62. The molecule has 2 nitrogen and oxygen atoms in total. The number of aryl methyl sites for hydroxylation is 1. The summed E-state index contributed by atoms with van der Waals surface area (Å²) in [7, 11) is 0. The Labute approximate surface area is 74.9 Å². The molecule has 0 bridgehead atoms. The normalized spacial score (nSPS) is 10.4. The van der Waals surface area contributed by atoms with Crippen molar-refractivity contribution >= 4 is 11.3 Å². The van der Waals surface area contributed by atoms with E-state index < -0.39 is 0 Å². The molecule has 0 aliphatic rings. The lowest BCUT2D eigenvalue weighted by molar-refractivity contribution is 0.518. The molecule has 0 radical (unpaired) electrons. The van der Waals surface area contributed by atoms with Crippen molar-refractivity contribution in [2.24, 2.45) is 0 Å². The van der Waals surface area contributed by atoms with Gasteiger partial charge >= 0.3 is 0 Å². The highest BCUT2D eigenvalue weighted by atomic mass is 32.1. The summed E-state index contributed by atoms with van der Waals surface area (Å²) in [5, 5.41) is 2.04. The van der Waals surface area contributed by atoms with Gasteiger partial charge in [-0.2, -0.15) is 0 Å². The van der Waals surface area contributed by atoms with E-state index in [1.54, 1.807) is 17.6 Å². The molecule has 0 spiro atoms. The van der Waals surface area contributed by atoms with Gasteiger partial charge in [0, 0.05) is 11.8 Å². The Balaban J connectivity index is 2.14. The van der Waals surface area contributed by atoms with Crippen molar-refractivity contribution in [2.45, 2.75) is 13.3 Å². The Kier molecular flexibility index (Phi) is 1.96. The summed E-state index contributed by atoms with van der Waals surface area (Å²) >= 11 is 1.61. The van der Waals surface area contributed by atoms with Gasteiger partial charge in [-0.1, -0.05) is 0 Å². The second-order valence-electron chi connectivity index (χ2n) is 2.75. The van der Waals surface area contributed by atoms with Gasteiger partial charge in [-0.05, 0) is 18.6 Å². The topological polar surface area (TPSA) is 26.0 Å². The van der Waals surface area contributed by atoms with Gasteiger partial charge in [0.25, 0.3) is 0 Å². The second kappa shape index (κ2) is 3.11. The number of furan rings is 1. The van der Waals surface area contributed by atoms with Crippen molar-refractivity contribution < 1.29 is 4.42 Å². The molecular weight excluding hydrogens is 170 g/mol. The molecule has 0 aliphatic heterocycles. The van der Waals surface area contributed by atoms with E-state index in [1.165, 1.54) is 5.56 Å². The van der Waals surface area contributed by atoms with E-state index in [0.29, 0.717) is 0 Å². The lowest BCUT2D eigenvalue weighted by Gasteiger charge is -1.89. The molecule has 2 heterocycles. The average molecular weight is 179 g/mol. The maximum Gasteiger partial charge on any atom is 0.110 e. The van der Waals surface area contributed by atoms with E-state index in [-0.39, 0.29) is 0 Å². The van der Waals surface area contributed by atoms with Gasteiger partial charge in [-0.3, -0.25) is 0 Å². The van der Waals surface area contributed by atoms with E-state index in [1.807, 2.05) is 23.9 Å². The molecule has 0 fully saturated rings. The van der Waals surface area contributed by atoms with Crippen molar-refractivity contribution in [1.29, 1.82) is 0 Å². The smallest absolute Gasteiger partial charge is 0.110 e. The van der Waals surface area contributed by atoms with Crippen LogP contribution >= 0.6 is 11.3 Å². The first-order valence-corrected chi connectivity index (χ1v) is 4.70. The van der Waals surface area contributed by atoms with Gasteiger partial charge in [-0.15, -0.1) is 11.3 Å². The minimum absolute atomic E-state index is 0.803. The SMILES string of the molecule is Cc1coc(Cc2cscn2)c1. The summed E-state index contributed by atoms with van der Waals surface area (Å²) in [4.78, 5) is 4.18. The molecule has 62 valence electrons. The molecule has 0 aliphatic carbocycles. The summed E-state index contributed by atoms with van der Waals surface area (Å²) in [6, 6.07) is 2.04. The predicted molar refractivity (Wildman–Crippen MR) is 48.4 cm³/mol. The fourth-order valence-electron chi connectivity index (χ4n) is 1.09.